The maximum atomic E-state index is 12.3. The predicted octanol–water partition coefficient (Wildman–Crippen LogP) is 2.32. The fraction of sp³-hybridized carbons (Fsp3) is 0.0625. The molecule has 106 valence electrons. The number of hydrogen-bond acceptors (Lipinski definition) is 3. The Kier molecular flexibility index (Phi) is 4.10. The molecule has 5 heteroatoms. The third-order valence-electron chi connectivity index (χ3n) is 2.82. The molecule has 2 aromatic carbocycles. The van der Waals surface area contributed by atoms with Gasteiger partial charge in [-0.05, 0) is 30.3 Å². The molecular weight excluding hydrogens is 286 g/mol. The van der Waals surface area contributed by atoms with Crippen LogP contribution in [0.2, 0.25) is 0 Å². The summed E-state index contributed by atoms with van der Waals surface area (Å²) >= 11 is 0. The maximum Gasteiger partial charge on any atom is 0.256 e. The summed E-state index contributed by atoms with van der Waals surface area (Å²) in [4.78, 5) is 12.2. The minimum Gasteiger partial charge on any atom is -0.322 e. The largest absolute Gasteiger partial charge is 0.322 e. The molecular formula is C16H13NO3S. The van der Waals surface area contributed by atoms with Gasteiger partial charge < -0.3 is 5.32 Å². The van der Waals surface area contributed by atoms with Crippen LogP contribution in [0.1, 0.15) is 15.9 Å². The van der Waals surface area contributed by atoms with E-state index in [0.717, 1.165) is 6.26 Å². The Morgan fingerprint density at radius 3 is 2.52 bits per heavy atom. The normalized spacial score (nSPS) is 10.7. The van der Waals surface area contributed by atoms with Gasteiger partial charge in [0.15, 0.2) is 9.84 Å². The quantitative estimate of drug-likeness (QED) is 0.885. The van der Waals surface area contributed by atoms with Crippen molar-refractivity contribution in [2.24, 2.45) is 0 Å². The van der Waals surface area contributed by atoms with Gasteiger partial charge in [0.05, 0.1) is 10.5 Å². The van der Waals surface area contributed by atoms with Crippen LogP contribution in [0.4, 0.5) is 5.69 Å². The number of anilines is 1. The molecule has 0 fully saturated rings. The minimum absolute atomic E-state index is 0.00407. The maximum absolute atomic E-state index is 12.3. The lowest BCUT2D eigenvalue weighted by molar-refractivity contribution is 0.102. The van der Waals surface area contributed by atoms with E-state index in [-0.39, 0.29) is 10.5 Å². The minimum atomic E-state index is -3.48. The van der Waals surface area contributed by atoms with Crippen molar-refractivity contribution in [2.45, 2.75) is 4.90 Å². The van der Waals surface area contributed by atoms with Gasteiger partial charge in [-0.1, -0.05) is 24.1 Å². The van der Waals surface area contributed by atoms with Crippen LogP contribution in [0.15, 0.2) is 53.4 Å². The number of sulfone groups is 1. The average molecular weight is 299 g/mol. The number of benzene rings is 2. The Bertz CT molecular complexity index is 833. The van der Waals surface area contributed by atoms with Gasteiger partial charge in [0, 0.05) is 17.5 Å². The van der Waals surface area contributed by atoms with Crippen molar-refractivity contribution >= 4 is 21.4 Å². The van der Waals surface area contributed by atoms with Crippen molar-refractivity contribution in [1.29, 1.82) is 0 Å². The van der Waals surface area contributed by atoms with Crippen molar-refractivity contribution < 1.29 is 13.2 Å². The average Bonchev–Trinajstić information content (AvgIpc) is 2.46. The molecule has 0 unspecified atom stereocenters. The number of terminal acetylenes is 1. The van der Waals surface area contributed by atoms with Crippen molar-refractivity contribution in [3.8, 4) is 12.3 Å². The SMILES string of the molecule is C#Cc1cccc(NC(=O)c2ccccc2S(C)(=O)=O)c1. The Morgan fingerprint density at radius 2 is 1.86 bits per heavy atom. The number of carbonyl (C=O) groups is 1. The van der Waals surface area contributed by atoms with Crippen molar-refractivity contribution in [3.05, 3.63) is 59.7 Å². The van der Waals surface area contributed by atoms with Gasteiger partial charge in [-0.3, -0.25) is 4.79 Å². The van der Waals surface area contributed by atoms with Gasteiger partial charge in [-0.25, -0.2) is 8.42 Å². The Morgan fingerprint density at radius 1 is 1.14 bits per heavy atom. The van der Waals surface area contributed by atoms with E-state index >= 15 is 0 Å². The molecule has 2 rings (SSSR count). The first-order chi connectivity index (χ1) is 9.91. The van der Waals surface area contributed by atoms with Gasteiger partial charge in [0.2, 0.25) is 0 Å². The zero-order chi connectivity index (χ0) is 15.5. The molecule has 0 aromatic heterocycles. The molecule has 0 bridgehead atoms. The van der Waals surface area contributed by atoms with Crippen LogP contribution in [0.5, 0.6) is 0 Å². The Hall–Kier alpha value is -2.58. The van der Waals surface area contributed by atoms with Crippen LogP contribution in [0.3, 0.4) is 0 Å². The first-order valence-electron chi connectivity index (χ1n) is 6.09. The highest BCUT2D eigenvalue weighted by Gasteiger charge is 2.18. The molecule has 0 saturated carbocycles. The summed E-state index contributed by atoms with van der Waals surface area (Å²) in [6, 6.07) is 12.8. The van der Waals surface area contributed by atoms with Crippen LogP contribution in [0, 0.1) is 12.3 Å². The molecule has 21 heavy (non-hydrogen) atoms. The molecule has 1 amide bonds. The van der Waals surface area contributed by atoms with E-state index in [1.54, 1.807) is 36.4 Å². The first kappa shape index (κ1) is 14.8. The molecule has 0 aliphatic heterocycles. The zero-order valence-corrected chi connectivity index (χ0v) is 12.1. The van der Waals surface area contributed by atoms with Gasteiger partial charge in [0.1, 0.15) is 0 Å². The van der Waals surface area contributed by atoms with E-state index < -0.39 is 15.7 Å². The summed E-state index contributed by atoms with van der Waals surface area (Å²) in [5.74, 6) is 1.97. The van der Waals surface area contributed by atoms with Crippen LogP contribution in [-0.2, 0) is 9.84 Å². The summed E-state index contributed by atoms with van der Waals surface area (Å²) in [6.07, 6.45) is 6.37. The van der Waals surface area contributed by atoms with Crippen LogP contribution < -0.4 is 5.32 Å². The lowest BCUT2D eigenvalue weighted by atomic mass is 10.2. The molecule has 1 N–H and O–H groups in total. The lowest BCUT2D eigenvalue weighted by Crippen LogP contribution is -2.16. The summed E-state index contributed by atoms with van der Waals surface area (Å²) in [7, 11) is -3.48. The first-order valence-corrected chi connectivity index (χ1v) is 7.98. The van der Waals surface area contributed by atoms with Gasteiger partial charge in [0.25, 0.3) is 5.91 Å². The lowest BCUT2D eigenvalue weighted by Gasteiger charge is -2.09. The number of rotatable bonds is 3. The Balaban J connectivity index is 2.36. The van der Waals surface area contributed by atoms with E-state index in [9.17, 15) is 13.2 Å². The van der Waals surface area contributed by atoms with E-state index in [4.69, 9.17) is 6.42 Å². The Labute approximate surface area is 123 Å². The van der Waals surface area contributed by atoms with Gasteiger partial charge >= 0.3 is 0 Å². The highest BCUT2D eigenvalue weighted by molar-refractivity contribution is 7.90. The second kappa shape index (κ2) is 5.81. The van der Waals surface area contributed by atoms with E-state index in [0.29, 0.717) is 11.3 Å². The number of amides is 1. The van der Waals surface area contributed by atoms with Crippen molar-refractivity contribution in [3.63, 3.8) is 0 Å². The number of nitrogens with one attached hydrogen (secondary N) is 1. The van der Waals surface area contributed by atoms with Crippen molar-refractivity contribution in [2.75, 3.05) is 11.6 Å². The summed E-state index contributed by atoms with van der Waals surface area (Å²) in [5, 5.41) is 2.65. The van der Waals surface area contributed by atoms with E-state index in [1.165, 1.54) is 12.1 Å². The zero-order valence-electron chi connectivity index (χ0n) is 11.3. The highest BCUT2D eigenvalue weighted by atomic mass is 32.2. The third-order valence-corrected chi connectivity index (χ3v) is 3.97. The summed E-state index contributed by atoms with van der Waals surface area (Å²) in [6.45, 7) is 0. The molecule has 0 radical (unpaired) electrons. The molecule has 2 aromatic rings. The van der Waals surface area contributed by atoms with E-state index in [1.807, 2.05) is 0 Å². The van der Waals surface area contributed by atoms with Crippen LogP contribution >= 0.6 is 0 Å². The highest BCUT2D eigenvalue weighted by Crippen LogP contribution is 2.18. The molecule has 0 aliphatic carbocycles. The number of hydrogen-bond donors (Lipinski definition) is 1. The molecule has 0 atom stereocenters. The fourth-order valence-electron chi connectivity index (χ4n) is 1.86. The molecule has 0 aliphatic rings. The second-order valence-electron chi connectivity index (χ2n) is 4.45. The smallest absolute Gasteiger partial charge is 0.256 e. The molecule has 0 spiro atoms. The summed E-state index contributed by atoms with van der Waals surface area (Å²) in [5.41, 5.74) is 1.24. The molecule has 4 nitrogen and oxygen atoms in total. The van der Waals surface area contributed by atoms with E-state index in [2.05, 4.69) is 11.2 Å². The van der Waals surface area contributed by atoms with Gasteiger partial charge in [-0.2, -0.15) is 0 Å². The summed E-state index contributed by atoms with van der Waals surface area (Å²) < 4.78 is 23.4. The second-order valence-corrected chi connectivity index (χ2v) is 6.43. The van der Waals surface area contributed by atoms with Gasteiger partial charge in [-0.15, -0.1) is 6.42 Å². The standard InChI is InChI=1S/C16H13NO3S/c1-3-12-7-6-8-13(11-12)17-16(18)14-9-4-5-10-15(14)21(2,19)20/h1,4-11H,2H3,(H,17,18). The van der Waals surface area contributed by atoms with Crippen molar-refractivity contribution in [1.82, 2.24) is 0 Å². The van der Waals surface area contributed by atoms with Crippen LogP contribution in [0.25, 0.3) is 0 Å². The predicted molar refractivity (Wildman–Crippen MR) is 81.9 cm³/mol. The third kappa shape index (κ3) is 3.50. The topological polar surface area (TPSA) is 63.2 Å². The molecule has 0 saturated heterocycles. The molecule has 0 heterocycles. The van der Waals surface area contributed by atoms with Crippen LogP contribution in [-0.4, -0.2) is 20.6 Å². The fourth-order valence-corrected chi connectivity index (χ4v) is 2.75. The number of carbonyl (C=O) groups excluding carboxylic acids is 1. The monoisotopic (exact) mass is 299 g/mol.